The number of aromatic nitrogens is 1. The Labute approximate surface area is 215 Å². The lowest BCUT2D eigenvalue weighted by Crippen LogP contribution is -2.47. The first-order valence-electron chi connectivity index (χ1n) is 12.2. The Balaban J connectivity index is 1.35. The van der Waals surface area contributed by atoms with E-state index in [4.69, 9.17) is 0 Å². The van der Waals surface area contributed by atoms with Crippen molar-refractivity contribution in [3.63, 3.8) is 0 Å². The monoisotopic (exact) mass is 517 g/mol. The van der Waals surface area contributed by atoms with Crippen molar-refractivity contribution in [2.75, 3.05) is 13.1 Å². The van der Waals surface area contributed by atoms with E-state index in [1.54, 1.807) is 35.7 Å². The first-order chi connectivity index (χ1) is 17.4. The number of benzene rings is 2. The molecular formula is C28H27N3O3S2. The summed E-state index contributed by atoms with van der Waals surface area (Å²) >= 11 is 1.72. The topological polar surface area (TPSA) is 70.6 Å². The molecule has 2 aromatic carbocycles. The Hall–Kier alpha value is -3.07. The largest absolute Gasteiger partial charge is 0.330 e. The zero-order valence-electron chi connectivity index (χ0n) is 20.0. The maximum atomic E-state index is 13.9. The normalized spacial score (nSPS) is 17.9. The number of carbonyl (C=O) groups excluding carboxylic acids is 1. The first-order valence-corrected chi connectivity index (χ1v) is 14.5. The summed E-state index contributed by atoms with van der Waals surface area (Å²) in [4.78, 5) is 21.5. The van der Waals surface area contributed by atoms with Gasteiger partial charge in [0.25, 0.3) is 0 Å². The van der Waals surface area contributed by atoms with Crippen LogP contribution in [0.15, 0.2) is 77.1 Å². The summed E-state index contributed by atoms with van der Waals surface area (Å²) in [6.07, 6.45) is 3.92. The van der Waals surface area contributed by atoms with E-state index in [0.29, 0.717) is 12.1 Å². The van der Waals surface area contributed by atoms with Crippen molar-refractivity contribution in [3.8, 4) is 0 Å². The van der Waals surface area contributed by atoms with E-state index in [1.807, 2.05) is 24.0 Å². The average Bonchev–Trinajstić information content (AvgIpc) is 3.61. The highest BCUT2D eigenvalue weighted by Gasteiger charge is 2.42. The smallest absolute Gasteiger partial charge is 0.245 e. The molecule has 36 heavy (non-hydrogen) atoms. The van der Waals surface area contributed by atoms with Crippen molar-refractivity contribution in [1.82, 2.24) is 14.2 Å². The van der Waals surface area contributed by atoms with Crippen molar-refractivity contribution < 1.29 is 13.2 Å². The lowest BCUT2D eigenvalue weighted by Gasteiger charge is -2.37. The molecule has 1 amide bonds. The van der Waals surface area contributed by atoms with Gasteiger partial charge in [-0.05, 0) is 60.9 Å². The second kappa shape index (κ2) is 9.10. The van der Waals surface area contributed by atoms with Crippen LogP contribution in [0.3, 0.4) is 0 Å². The molecule has 4 aromatic rings. The molecule has 1 aliphatic heterocycles. The van der Waals surface area contributed by atoms with Crippen molar-refractivity contribution in [1.29, 1.82) is 0 Å². The number of amides is 1. The number of fused-ring (bicyclic) bond motifs is 2. The van der Waals surface area contributed by atoms with E-state index < -0.39 is 10.0 Å². The van der Waals surface area contributed by atoms with Gasteiger partial charge in [-0.1, -0.05) is 48.0 Å². The Morgan fingerprint density at radius 2 is 1.86 bits per heavy atom. The molecule has 3 heterocycles. The van der Waals surface area contributed by atoms with Gasteiger partial charge in [0.1, 0.15) is 4.90 Å². The van der Waals surface area contributed by atoms with E-state index in [1.165, 1.54) is 9.18 Å². The molecule has 184 valence electrons. The zero-order valence-corrected chi connectivity index (χ0v) is 21.6. The highest BCUT2D eigenvalue weighted by molar-refractivity contribution is 7.89. The van der Waals surface area contributed by atoms with Gasteiger partial charge < -0.3 is 4.90 Å². The number of thiophene rings is 1. The SMILES string of the molecule is Cc1ccc(C2c3ccsc3CCN2C(=O)CN(C2CC2)S(=O)(=O)c2cccc3cccnc23)cc1. The van der Waals surface area contributed by atoms with E-state index in [9.17, 15) is 13.2 Å². The Kier molecular flexibility index (Phi) is 5.90. The van der Waals surface area contributed by atoms with E-state index in [-0.39, 0.29) is 29.4 Å². The van der Waals surface area contributed by atoms with Crippen LogP contribution >= 0.6 is 11.3 Å². The van der Waals surface area contributed by atoms with Gasteiger partial charge in [0.05, 0.1) is 18.1 Å². The predicted octanol–water partition coefficient (Wildman–Crippen LogP) is 4.93. The predicted molar refractivity (Wildman–Crippen MR) is 141 cm³/mol. The van der Waals surface area contributed by atoms with E-state index in [0.717, 1.165) is 41.3 Å². The number of sulfonamides is 1. The molecule has 1 aliphatic carbocycles. The third kappa shape index (κ3) is 4.13. The van der Waals surface area contributed by atoms with E-state index >= 15 is 0 Å². The molecule has 1 saturated carbocycles. The highest BCUT2D eigenvalue weighted by Crippen LogP contribution is 2.39. The van der Waals surface area contributed by atoms with Crippen LogP contribution in [0, 0.1) is 6.92 Å². The molecule has 0 bridgehead atoms. The maximum Gasteiger partial charge on any atom is 0.245 e. The second-order valence-electron chi connectivity index (χ2n) is 9.56. The number of rotatable bonds is 6. The number of carbonyl (C=O) groups is 1. The van der Waals surface area contributed by atoms with Crippen LogP contribution < -0.4 is 0 Å². The fourth-order valence-electron chi connectivity index (χ4n) is 5.10. The molecule has 1 fully saturated rings. The molecule has 2 aromatic heterocycles. The molecule has 0 radical (unpaired) electrons. The van der Waals surface area contributed by atoms with Gasteiger partial charge in [0.15, 0.2) is 0 Å². The van der Waals surface area contributed by atoms with Crippen LogP contribution in [0.2, 0.25) is 0 Å². The summed E-state index contributed by atoms with van der Waals surface area (Å²) < 4.78 is 29.2. The zero-order chi connectivity index (χ0) is 24.9. The van der Waals surface area contributed by atoms with Crippen molar-refractivity contribution in [2.24, 2.45) is 0 Å². The molecule has 1 atom stereocenters. The molecular weight excluding hydrogens is 490 g/mol. The van der Waals surface area contributed by atoms with E-state index in [2.05, 4.69) is 40.7 Å². The lowest BCUT2D eigenvalue weighted by molar-refractivity contribution is -0.133. The fourth-order valence-corrected chi connectivity index (χ4v) is 7.81. The number of hydrogen-bond acceptors (Lipinski definition) is 5. The summed E-state index contributed by atoms with van der Waals surface area (Å²) in [5.74, 6) is -0.166. The number of aryl methyl sites for hydroxylation is 1. The van der Waals surface area contributed by atoms with Crippen LogP contribution in [0.25, 0.3) is 10.9 Å². The number of para-hydroxylation sites is 1. The minimum Gasteiger partial charge on any atom is -0.330 e. The summed E-state index contributed by atoms with van der Waals surface area (Å²) in [6, 6.07) is 18.8. The van der Waals surface area contributed by atoms with Gasteiger partial charge in [-0.2, -0.15) is 4.31 Å². The van der Waals surface area contributed by atoms with Gasteiger partial charge in [-0.15, -0.1) is 11.3 Å². The number of nitrogens with zero attached hydrogens (tertiary/aromatic N) is 3. The Bertz CT molecular complexity index is 1540. The van der Waals surface area contributed by atoms with Gasteiger partial charge in [-0.3, -0.25) is 9.78 Å². The summed E-state index contributed by atoms with van der Waals surface area (Å²) in [6.45, 7) is 2.45. The van der Waals surface area contributed by atoms with Gasteiger partial charge in [0, 0.05) is 29.0 Å². The Morgan fingerprint density at radius 3 is 2.64 bits per heavy atom. The standard InChI is InChI=1S/C28H27N3O3S2/c1-19-7-9-21(10-8-19)28-23-14-17-35-24(23)13-16-30(28)26(32)18-31(22-11-12-22)36(33,34)25-6-2-4-20-5-3-15-29-27(20)25/h2-10,14-15,17,22,28H,11-13,16,18H2,1H3. The van der Waals surface area contributed by atoms with Crippen LogP contribution in [-0.4, -0.2) is 47.6 Å². The molecule has 1 unspecified atom stereocenters. The van der Waals surface area contributed by atoms with Crippen LogP contribution in [-0.2, 0) is 21.2 Å². The minimum absolute atomic E-state index is 0.155. The summed E-state index contributed by atoms with van der Waals surface area (Å²) in [5.41, 5.74) is 3.79. The van der Waals surface area contributed by atoms with Crippen LogP contribution in [0.4, 0.5) is 0 Å². The summed E-state index contributed by atoms with van der Waals surface area (Å²) in [5, 5.41) is 2.84. The van der Waals surface area contributed by atoms with Crippen molar-refractivity contribution in [3.05, 3.63) is 93.8 Å². The average molecular weight is 518 g/mol. The van der Waals surface area contributed by atoms with Gasteiger partial charge in [-0.25, -0.2) is 8.42 Å². The van der Waals surface area contributed by atoms with Crippen molar-refractivity contribution in [2.45, 2.75) is 43.2 Å². The molecule has 6 nitrogen and oxygen atoms in total. The molecule has 0 spiro atoms. The fraction of sp³-hybridized carbons (Fsp3) is 0.286. The molecule has 6 rings (SSSR count). The highest BCUT2D eigenvalue weighted by atomic mass is 32.2. The third-order valence-corrected chi connectivity index (χ3v) is 10.0. The second-order valence-corrected chi connectivity index (χ2v) is 12.4. The van der Waals surface area contributed by atoms with Gasteiger partial charge in [0.2, 0.25) is 15.9 Å². The number of pyridine rings is 1. The Morgan fingerprint density at radius 1 is 1.08 bits per heavy atom. The summed E-state index contributed by atoms with van der Waals surface area (Å²) in [7, 11) is -3.91. The molecule has 8 heteroatoms. The minimum atomic E-state index is -3.91. The van der Waals surface area contributed by atoms with Gasteiger partial charge >= 0.3 is 0 Å². The number of hydrogen-bond donors (Lipinski definition) is 0. The van der Waals surface area contributed by atoms with Crippen molar-refractivity contribution >= 4 is 38.2 Å². The third-order valence-electron chi connectivity index (χ3n) is 7.11. The molecule has 0 N–H and O–H groups in total. The van der Waals surface area contributed by atoms with Crippen LogP contribution in [0.5, 0.6) is 0 Å². The van der Waals surface area contributed by atoms with Crippen LogP contribution in [0.1, 0.15) is 40.5 Å². The molecule has 2 aliphatic rings. The molecule has 0 saturated heterocycles. The quantitative estimate of drug-likeness (QED) is 0.364. The first kappa shape index (κ1) is 23.3. The maximum absolute atomic E-state index is 13.9. The lowest BCUT2D eigenvalue weighted by atomic mass is 9.92.